The van der Waals surface area contributed by atoms with Crippen molar-refractivity contribution in [2.45, 2.75) is 0 Å². The van der Waals surface area contributed by atoms with Crippen molar-refractivity contribution in [1.29, 1.82) is 0 Å². The molecule has 26 heavy (non-hydrogen) atoms. The molecule has 0 saturated heterocycles. The van der Waals surface area contributed by atoms with Crippen LogP contribution in [0, 0.1) is 0 Å². The van der Waals surface area contributed by atoms with Crippen molar-refractivity contribution in [3.63, 3.8) is 0 Å². The number of rotatable bonds is 4. The predicted octanol–water partition coefficient (Wildman–Crippen LogP) is 2.79. The summed E-state index contributed by atoms with van der Waals surface area (Å²) in [4.78, 5) is 36.8. The third kappa shape index (κ3) is 3.26. The zero-order valence-corrected chi connectivity index (χ0v) is 15.0. The number of imide groups is 1. The highest BCUT2D eigenvalue weighted by molar-refractivity contribution is 6.54. The molecule has 0 aromatic heterocycles. The first kappa shape index (κ1) is 18.3. The molecule has 1 N–H and O–H groups in total. The van der Waals surface area contributed by atoms with E-state index in [-0.39, 0.29) is 37.7 Å². The van der Waals surface area contributed by atoms with Crippen molar-refractivity contribution in [3.05, 3.63) is 68.8 Å². The number of aromatic carboxylic acids is 1. The second-order valence-corrected chi connectivity index (χ2v) is 6.45. The first-order chi connectivity index (χ1) is 12.3. The Labute approximate surface area is 162 Å². The molecule has 0 bridgehead atoms. The number of hydrogen-bond acceptors (Lipinski definition) is 5. The average Bonchev–Trinajstić information content (AvgIpc) is 2.81. The summed E-state index contributed by atoms with van der Waals surface area (Å²) in [5.41, 5.74) is 0.0362. The lowest BCUT2D eigenvalue weighted by Gasteiger charge is -2.17. The molecule has 2 amide bonds. The second kappa shape index (κ2) is 6.99. The van der Waals surface area contributed by atoms with Crippen LogP contribution in [0.2, 0.25) is 10.0 Å². The fraction of sp³-hybridized carbons (Fsp3) is 0. The summed E-state index contributed by atoms with van der Waals surface area (Å²) in [6.45, 7) is 0. The highest BCUT2D eigenvalue weighted by Crippen LogP contribution is 2.35. The van der Waals surface area contributed by atoms with Gasteiger partial charge in [0.2, 0.25) is 0 Å². The maximum absolute atomic E-state index is 12.7. The molecule has 0 spiro atoms. The van der Waals surface area contributed by atoms with Crippen molar-refractivity contribution < 1.29 is 19.5 Å². The Balaban J connectivity index is 1.96. The van der Waals surface area contributed by atoms with Gasteiger partial charge in [-0.2, -0.15) is 0 Å². The van der Waals surface area contributed by atoms with E-state index in [2.05, 4.69) is 5.32 Å². The number of halogens is 3. The van der Waals surface area contributed by atoms with Gasteiger partial charge in [0.1, 0.15) is 10.7 Å². The number of anilines is 2. The fourth-order valence-corrected chi connectivity index (χ4v) is 2.94. The van der Waals surface area contributed by atoms with Crippen LogP contribution in [-0.2, 0) is 9.59 Å². The van der Waals surface area contributed by atoms with Gasteiger partial charge in [-0.1, -0.05) is 46.9 Å². The van der Waals surface area contributed by atoms with Crippen molar-refractivity contribution in [1.82, 2.24) is 0 Å². The number of benzene rings is 2. The topological polar surface area (TPSA) is 89.5 Å². The van der Waals surface area contributed by atoms with Gasteiger partial charge in [-0.3, -0.25) is 9.59 Å². The van der Waals surface area contributed by atoms with Gasteiger partial charge >= 0.3 is 0 Å². The van der Waals surface area contributed by atoms with Crippen molar-refractivity contribution in [2.24, 2.45) is 0 Å². The summed E-state index contributed by atoms with van der Waals surface area (Å²) in [5, 5.41) is 13.7. The summed E-state index contributed by atoms with van der Waals surface area (Å²) in [5.74, 6) is -2.91. The Morgan fingerprint density at radius 1 is 1.00 bits per heavy atom. The third-order valence-electron chi connectivity index (χ3n) is 3.54. The molecule has 2 aromatic rings. The summed E-state index contributed by atoms with van der Waals surface area (Å²) in [6, 6.07) is 9.87. The minimum Gasteiger partial charge on any atom is -0.545 e. The largest absolute Gasteiger partial charge is 0.545 e. The highest BCUT2D eigenvalue weighted by Gasteiger charge is 2.39. The van der Waals surface area contributed by atoms with E-state index in [1.165, 1.54) is 42.5 Å². The molecule has 0 aliphatic carbocycles. The second-order valence-electron chi connectivity index (χ2n) is 5.22. The number of amides is 2. The lowest BCUT2D eigenvalue weighted by Crippen LogP contribution is -2.32. The van der Waals surface area contributed by atoms with E-state index in [0.717, 1.165) is 4.90 Å². The number of carbonyl (C=O) groups is 3. The molecule has 0 saturated carbocycles. The van der Waals surface area contributed by atoms with Gasteiger partial charge in [0, 0.05) is 10.7 Å². The minimum atomic E-state index is -1.38. The average molecular weight is 411 g/mol. The smallest absolute Gasteiger partial charge is 0.283 e. The van der Waals surface area contributed by atoms with Gasteiger partial charge in [0.15, 0.2) is 0 Å². The Morgan fingerprint density at radius 3 is 2.42 bits per heavy atom. The molecule has 0 unspecified atom stereocenters. The Hall–Kier alpha value is -2.54. The maximum Gasteiger partial charge on any atom is 0.283 e. The number of hydrogen-bond donors (Lipinski definition) is 1. The van der Waals surface area contributed by atoms with Crippen LogP contribution in [0.5, 0.6) is 0 Å². The molecular formula is C17H8Cl3N2O4-. The number of nitrogens with zero attached hydrogens (tertiary/aromatic N) is 1. The molecule has 1 aliphatic rings. The van der Waals surface area contributed by atoms with Crippen molar-refractivity contribution >= 4 is 64.0 Å². The normalized spacial score (nSPS) is 14.2. The minimum absolute atomic E-state index is 0.0904. The lowest BCUT2D eigenvalue weighted by molar-refractivity contribution is -0.255. The van der Waals surface area contributed by atoms with Crippen LogP contribution in [0.4, 0.5) is 11.4 Å². The molecule has 2 aromatic carbocycles. The standard InChI is InChI=1S/C17H9Cl3N2O4/c18-9-4-5-11(19)12(7-9)22-15(23)13(20)14(16(22)24)21-10-3-1-2-8(6-10)17(25)26/h1-7,21H,(H,25,26)/p-1. The number of carbonyl (C=O) groups excluding carboxylic acids is 3. The summed E-state index contributed by atoms with van der Waals surface area (Å²) in [7, 11) is 0. The monoisotopic (exact) mass is 409 g/mol. The van der Waals surface area contributed by atoms with Gasteiger partial charge in [-0.15, -0.1) is 0 Å². The van der Waals surface area contributed by atoms with Gasteiger partial charge in [0.25, 0.3) is 11.8 Å². The molecule has 132 valence electrons. The summed E-state index contributed by atoms with van der Waals surface area (Å²) < 4.78 is 0. The lowest BCUT2D eigenvalue weighted by atomic mass is 10.2. The van der Waals surface area contributed by atoms with E-state index in [4.69, 9.17) is 34.8 Å². The van der Waals surface area contributed by atoms with Crippen LogP contribution in [0.25, 0.3) is 0 Å². The third-order valence-corrected chi connectivity index (χ3v) is 4.45. The number of nitrogens with one attached hydrogen (secondary N) is 1. The SMILES string of the molecule is O=C([O-])c1cccc(NC2=C(Cl)C(=O)N(c3cc(Cl)ccc3Cl)C2=O)c1. The molecule has 9 heteroatoms. The van der Waals surface area contributed by atoms with E-state index in [9.17, 15) is 19.5 Å². The van der Waals surface area contributed by atoms with Crippen molar-refractivity contribution in [2.75, 3.05) is 10.2 Å². The van der Waals surface area contributed by atoms with Gasteiger partial charge in [-0.05, 0) is 35.9 Å². The first-order valence-electron chi connectivity index (χ1n) is 7.11. The highest BCUT2D eigenvalue weighted by atomic mass is 35.5. The van der Waals surface area contributed by atoms with E-state index < -0.39 is 17.8 Å². The Kier molecular flexibility index (Phi) is 4.91. The molecule has 1 aliphatic heterocycles. The van der Waals surface area contributed by atoms with Crippen LogP contribution in [-0.4, -0.2) is 17.8 Å². The van der Waals surface area contributed by atoms with E-state index in [1.807, 2.05) is 0 Å². The van der Waals surface area contributed by atoms with Crippen molar-refractivity contribution in [3.8, 4) is 0 Å². The maximum atomic E-state index is 12.7. The molecule has 6 nitrogen and oxygen atoms in total. The molecule has 3 rings (SSSR count). The molecule has 0 radical (unpaired) electrons. The van der Waals surface area contributed by atoms with Crippen LogP contribution in [0.1, 0.15) is 10.4 Å². The first-order valence-corrected chi connectivity index (χ1v) is 8.25. The van der Waals surface area contributed by atoms with Crippen LogP contribution < -0.4 is 15.3 Å². The van der Waals surface area contributed by atoms with E-state index in [0.29, 0.717) is 0 Å². The van der Waals surface area contributed by atoms with Gasteiger partial charge < -0.3 is 15.2 Å². The summed E-state index contributed by atoms with van der Waals surface area (Å²) >= 11 is 18.0. The molecule has 0 fully saturated rings. The number of carboxylic acids is 1. The number of carboxylic acid groups (broad SMARTS) is 1. The van der Waals surface area contributed by atoms with Gasteiger partial charge in [-0.25, -0.2) is 4.90 Å². The quantitative estimate of drug-likeness (QED) is 0.783. The molecule has 0 atom stereocenters. The van der Waals surface area contributed by atoms with Crippen LogP contribution >= 0.6 is 34.8 Å². The van der Waals surface area contributed by atoms with Gasteiger partial charge in [0.05, 0.1) is 16.7 Å². The Morgan fingerprint density at radius 2 is 1.73 bits per heavy atom. The zero-order valence-electron chi connectivity index (χ0n) is 12.8. The molecule has 1 heterocycles. The zero-order chi connectivity index (χ0) is 19.0. The van der Waals surface area contributed by atoms with Crippen LogP contribution in [0.3, 0.4) is 0 Å². The summed E-state index contributed by atoms with van der Waals surface area (Å²) in [6.07, 6.45) is 0. The van der Waals surface area contributed by atoms with E-state index in [1.54, 1.807) is 0 Å². The van der Waals surface area contributed by atoms with E-state index >= 15 is 0 Å². The predicted molar refractivity (Wildman–Crippen MR) is 96.2 cm³/mol. The molecular weight excluding hydrogens is 403 g/mol. The fourth-order valence-electron chi connectivity index (χ4n) is 2.36. The van der Waals surface area contributed by atoms with Crippen LogP contribution in [0.15, 0.2) is 53.2 Å². The Bertz CT molecular complexity index is 988.